The lowest BCUT2D eigenvalue weighted by molar-refractivity contribution is -0.114. The number of ether oxygens (including phenoxy) is 1. The van der Waals surface area contributed by atoms with Crippen molar-refractivity contribution in [1.82, 2.24) is 0 Å². The molecule has 1 aliphatic rings. The summed E-state index contributed by atoms with van der Waals surface area (Å²) >= 11 is 3.38. The highest BCUT2D eigenvalue weighted by molar-refractivity contribution is 9.10. The van der Waals surface area contributed by atoms with Crippen molar-refractivity contribution in [2.24, 2.45) is 0 Å². The molecular formula is C18H16BrNO3. The van der Waals surface area contributed by atoms with Crippen molar-refractivity contribution in [2.75, 3.05) is 11.5 Å². The number of aryl methyl sites for hydroxylation is 1. The van der Waals surface area contributed by atoms with Gasteiger partial charge in [0.15, 0.2) is 0 Å². The first-order valence-corrected chi connectivity index (χ1v) is 8.18. The molecule has 118 valence electrons. The van der Waals surface area contributed by atoms with Gasteiger partial charge in [-0.05, 0) is 49.2 Å². The second-order valence-electron chi connectivity index (χ2n) is 5.42. The molecule has 0 spiro atoms. The number of carbonyl (C=O) groups is 2. The zero-order valence-corrected chi connectivity index (χ0v) is 14.5. The zero-order chi connectivity index (χ0) is 16.6. The van der Waals surface area contributed by atoms with Crippen molar-refractivity contribution in [3.63, 3.8) is 0 Å². The van der Waals surface area contributed by atoms with Gasteiger partial charge >= 0.3 is 0 Å². The molecule has 1 aliphatic heterocycles. The Morgan fingerprint density at radius 3 is 2.48 bits per heavy atom. The van der Waals surface area contributed by atoms with Crippen LogP contribution in [0.2, 0.25) is 0 Å². The first-order chi connectivity index (χ1) is 11.0. The lowest BCUT2D eigenvalue weighted by Gasteiger charge is -2.19. The topological polar surface area (TPSA) is 46.6 Å². The molecule has 0 radical (unpaired) electrons. The van der Waals surface area contributed by atoms with E-state index in [0.29, 0.717) is 24.4 Å². The number of hydrogen-bond acceptors (Lipinski definition) is 3. The molecule has 4 nitrogen and oxygen atoms in total. The number of fused-ring (bicyclic) bond motifs is 1. The molecule has 0 atom stereocenters. The fraction of sp³-hybridized carbons (Fsp3) is 0.222. The van der Waals surface area contributed by atoms with E-state index in [-0.39, 0.29) is 0 Å². The van der Waals surface area contributed by atoms with Crippen LogP contribution in [0.15, 0.2) is 40.9 Å². The average Bonchev–Trinajstić information content (AvgIpc) is 2.75. The molecule has 3 rings (SSSR count). The molecule has 0 fully saturated rings. The van der Waals surface area contributed by atoms with E-state index in [4.69, 9.17) is 4.74 Å². The van der Waals surface area contributed by atoms with Crippen LogP contribution in [0.4, 0.5) is 5.69 Å². The summed E-state index contributed by atoms with van der Waals surface area (Å²) in [6, 6.07) is 11.2. The van der Waals surface area contributed by atoms with Crippen molar-refractivity contribution in [3.05, 3.63) is 57.6 Å². The summed E-state index contributed by atoms with van der Waals surface area (Å²) in [4.78, 5) is 26.1. The Kier molecular flexibility index (Phi) is 4.22. The number of carbonyl (C=O) groups excluding carboxylic acids is 2. The Morgan fingerprint density at radius 2 is 1.83 bits per heavy atom. The number of Topliss-reactive ketones (excluding diaryl/α,β-unsaturated/α-hetero) is 1. The molecule has 2 aromatic carbocycles. The highest BCUT2D eigenvalue weighted by Gasteiger charge is 2.37. The third kappa shape index (κ3) is 2.88. The molecule has 0 unspecified atom stereocenters. The normalized spacial score (nSPS) is 13.4. The fourth-order valence-electron chi connectivity index (χ4n) is 2.80. The second-order valence-corrected chi connectivity index (χ2v) is 6.33. The van der Waals surface area contributed by atoms with Gasteiger partial charge in [0.25, 0.3) is 11.7 Å². The van der Waals surface area contributed by atoms with Crippen molar-refractivity contribution in [2.45, 2.75) is 20.4 Å². The van der Waals surface area contributed by atoms with Crippen LogP contribution in [0.5, 0.6) is 5.75 Å². The summed E-state index contributed by atoms with van der Waals surface area (Å²) in [6.45, 7) is 4.81. The van der Waals surface area contributed by atoms with Crippen LogP contribution in [0.3, 0.4) is 0 Å². The van der Waals surface area contributed by atoms with Gasteiger partial charge in [-0.3, -0.25) is 9.59 Å². The van der Waals surface area contributed by atoms with E-state index in [1.165, 1.54) is 0 Å². The van der Waals surface area contributed by atoms with Crippen molar-refractivity contribution in [1.29, 1.82) is 0 Å². The van der Waals surface area contributed by atoms with Crippen LogP contribution in [0, 0.1) is 6.92 Å². The minimum atomic E-state index is -0.477. The number of hydrogen-bond donors (Lipinski definition) is 0. The fourth-order valence-corrected chi connectivity index (χ4v) is 3.37. The number of amides is 1. The molecule has 0 bridgehead atoms. The minimum Gasteiger partial charge on any atom is -0.494 e. The number of halogens is 1. The molecule has 0 aliphatic carbocycles. The Morgan fingerprint density at radius 1 is 1.13 bits per heavy atom. The standard InChI is InChI=1S/C18H16BrNO3/c1-3-23-14-6-4-12(5-7-14)10-20-16-11(2)8-13(19)9-15(16)17(21)18(20)22/h4-9H,3,10H2,1-2H3. The molecule has 1 heterocycles. The van der Waals surface area contributed by atoms with Gasteiger partial charge in [-0.25, -0.2) is 0 Å². The molecule has 0 saturated carbocycles. The predicted octanol–water partition coefficient (Wildman–Crippen LogP) is 3.89. The molecule has 5 heteroatoms. The summed E-state index contributed by atoms with van der Waals surface area (Å²) in [5.74, 6) is -0.133. The maximum atomic E-state index is 12.3. The summed E-state index contributed by atoms with van der Waals surface area (Å²) in [5, 5.41) is 0. The SMILES string of the molecule is CCOc1ccc(CN2C(=O)C(=O)c3cc(Br)cc(C)c32)cc1. The highest BCUT2D eigenvalue weighted by atomic mass is 79.9. The van der Waals surface area contributed by atoms with E-state index in [0.717, 1.165) is 21.3 Å². The van der Waals surface area contributed by atoms with Gasteiger partial charge in [-0.2, -0.15) is 0 Å². The predicted molar refractivity (Wildman–Crippen MR) is 92.0 cm³/mol. The second kappa shape index (κ2) is 6.16. The van der Waals surface area contributed by atoms with Gasteiger partial charge in [-0.1, -0.05) is 28.1 Å². The maximum absolute atomic E-state index is 12.3. The third-order valence-electron chi connectivity index (χ3n) is 3.79. The number of nitrogens with zero attached hydrogens (tertiary/aromatic N) is 1. The van der Waals surface area contributed by atoms with Gasteiger partial charge in [0.2, 0.25) is 0 Å². The zero-order valence-electron chi connectivity index (χ0n) is 12.9. The summed E-state index contributed by atoms with van der Waals surface area (Å²) in [7, 11) is 0. The quantitative estimate of drug-likeness (QED) is 0.763. The van der Waals surface area contributed by atoms with Gasteiger partial charge in [0.05, 0.1) is 24.4 Å². The van der Waals surface area contributed by atoms with Gasteiger partial charge in [0.1, 0.15) is 5.75 Å². The summed E-state index contributed by atoms with van der Waals surface area (Å²) < 4.78 is 6.22. The Hall–Kier alpha value is -2.14. The van der Waals surface area contributed by atoms with Crippen LogP contribution in [-0.4, -0.2) is 18.3 Å². The van der Waals surface area contributed by atoms with E-state index < -0.39 is 11.7 Å². The minimum absolute atomic E-state index is 0.368. The number of ketones is 1. The molecule has 23 heavy (non-hydrogen) atoms. The molecular weight excluding hydrogens is 358 g/mol. The van der Waals surface area contributed by atoms with Crippen molar-refractivity contribution >= 4 is 33.3 Å². The molecule has 0 N–H and O–H groups in total. The molecule has 2 aromatic rings. The van der Waals surface area contributed by atoms with Crippen LogP contribution < -0.4 is 9.64 Å². The maximum Gasteiger partial charge on any atom is 0.299 e. The molecule has 0 saturated heterocycles. The lowest BCUT2D eigenvalue weighted by atomic mass is 10.1. The Balaban J connectivity index is 1.92. The Bertz CT molecular complexity index is 784. The monoisotopic (exact) mass is 373 g/mol. The van der Waals surface area contributed by atoms with Gasteiger partial charge in [0, 0.05) is 4.47 Å². The van der Waals surface area contributed by atoms with Crippen LogP contribution in [0.1, 0.15) is 28.4 Å². The summed E-state index contributed by atoms with van der Waals surface area (Å²) in [6.07, 6.45) is 0. The van der Waals surface area contributed by atoms with E-state index in [2.05, 4.69) is 15.9 Å². The van der Waals surface area contributed by atoms with Crippen molar-refractivity contribution < 1.29 is 14.3 Å². The summed E-state index contributed by atoms with van der Waals surface area (Å²) in [5.41, 5.74) is 3.02. The van der Waals surface area contributed by atoms with Gasteiger partial charge < -0.3 is 9.64 Å². The van der Waals surface area contributed by atoms with Crippen molar-refractivity contribution in [3.8, 4) is 5.75 Å². The number of anilines is 1. The van der Waals surface area contributed by atoms with Gasteiger partial charge in [-0.15, -0.1) is 0 Å². The van der Waals surface area contributed by atoms with Crippen LogP contribution in [-0.2, 0) is 11.3 Å². The van der Waals surface area contributed by atoms with Crippen LogP contribution in [0.25, 0.3) is 0 Å². The smallest absolute Gasteiger partial charge is 0.299 e. The first-order valence-electron chi connectivity index (χ1n) is 7.39. The van der Waals surface area contributed by atoms with E-state index in [1.54, 1.807) is 11.0 Å². The number of rotatable bonds is 4. The van der Waals surface area contributed by atoms with E-state index >= 15 is 0 Å². The molecule has 0 aromatic heterocycles. The average molecular weight is 374 g/mol. The first kappa shape index (κ1) is 15.7. The lowest BCUT2D eigenvalue weighted by Crippen LogP contribution is -2.29. The van der Waals surface area contributed by atoms with Crippen LogP contribution >= 0.6 is 15.9 Å². The van der Waals surface area contributed by atoms with E-state index in [1.807, 2.05) is 44.2 Å². The largest absolute Gasteiger partial charge is 0.494 e. The number of benzene rings is 2. The Labute approximate surface area is 143 Å². The van der Waals surface area contributed by atoms with E-state index in [9.17, 15) is 9.59 Å². The molecule has 1 amide bonds. The third-order valence-corrected chi connectivity index (χ3v) is 4.25. The highest BCUT2D eigenvalue weighted by Crippen LogP contribution is 2.36.